The van der Waals surface area contributed by atoms with Crippen molar-refractivity contribution < 1.29 is 9.59 Å². The van der Waals surface area contributed by atoms with Crippen LogP contribution in [-0.2, 0) is 22.4 Å². The molecular weight excluding hydrogens is 200 g/mol. The number of hydrogen-bond donors (Lipinski definition) is 0. The first-order valence-corrected chi connectivity index (χ1v) is 5.69. The van der Waals surface area contributed by atoms with Gasteiger partial charge in [-0.2, -0.15) is 0 Å². The third-order valence-electron chi connectivity index (χ3n) is 2.60. The van der Waals surface area contributed by atoms with E-state index < -0.39 is 0 Å². The highest BCUT2D eigenvalue weighted by molar-refractivity contribution is 6.38. The van der Waals surface area contributed by atoms with E-state index in [0.717, 1.165) is 12.0 Å². The van der Waals surface area contributed by atoms with Crippen molar-refractivity contribution in [2.24, 2.45) is 5.92 Å². The number of rotatable bonds is 5. The van der Waals surface area contributed by atoms with Crippen LogP contribution in [0.5, 0.6) is 0 Å². The van der Waals surface area contributed by atoms with Crippen molar-refractivity contribution in [2.75, 3.05) is 0 Å². The molecule has 0 N–H and O–H groups in total. The highest BCUT2D eigenvalue weighted by Gasteiger charge is 2.17. The van der Waals surface area contributed by atoms with Crippen LogP contribution in [0, 0.1) is 5.92 Å². The predicted octanol–water partition coefficient (Wildman–Crippen LogP) is 2.59. The van der Waals surface area contributed by atoms with E-state index >= 15 is 0 Å². The van der Waals surface area contributed by atoms with Gasteiger partial charge in [0.1, 0.15) is 0 Å². The molecule has 0 aromatic heterocycles. The SMILES string of the molecule is CCc1ccc(CC(=O)C(=O)C(C)C)cc1. The second-order valence-corrected chi connectivity index (χ2v) is 4.29. The molecule has 0 spiro atoms. The summed E-state index contributed by atoms with van der Waals surface area (Å²) in [7, 11) is 0. The summed E-state index contributed by atoms with van der Waals surface area (Å²) in [6.07, 6.45) is 1.21. The zero-order valence-corrected chi connectivity index (χ0v) is 10.1. The largest absolute Gasteiger partial charge is 0.291 e. The lowest BCUT2D eigenvalue weighted by molar-refractivity contribution is -0.138. The van der Waals surface area contributed by atoms with Gasteiger partial charge in [0, 0.05) is 12.3 Å². The van der Waals surface area contributed by atoms with E-state index in [0.29, 0.717) is 0 Å². The quantitative estimate of drug-likeness (QED) is 0.712. The van der Waals surface area contributed by atoms with Crippen LogP contribution >= 0.6 is 0 Å². The number of aryl methyl sites for hydroxylation is 1. The van der Waals surface area contributed by atoms with Gasteiger partial charge in [-0.05, 0) is 17.5 Å². The van der Waals surface area contributed by atoms with Gasteiger partial charge in [0.15, 0.2) is 0 Å². The number of ketones is 2. The Hall–Kier alpha value is -1.44. The molecule has 0 amide bonds. The molecule has 1 aromatic carbocycles. The van der Waals surface area contributed by atoms with Crippen molar-refractivity contribution in [3.63, 3.8) is 0 Å². The van der Waals surface area contributed by atoms with Crippen LogP contribution in [0.4, 0.5) is 0 Å². The molecule has 0 radical (unpaired) electrons. The Morgan fingerprint density at radius 3 is 2.00 bits per heavy atom. The average Bonchev–Trinajstić information content (AvgIpc) is 2.28. The fourth-order valence-corrected chi connectivity index (χ4v) is 1.49. The standard InChI is InChI=1S/C14H18O2/c1-4-11-5-7-12(8-6-11)9-13(15)14(16)10(2)3/h5-8,10H,4,9H2,1-3H3. The number of carbonyl (C=O) groups excluding carboxylic acids is 2. The zero-order chi connectivity index (χ0) is 12.1. The fourth-order valence-electron chi connectivity index (χ4n) is 1.49. The van der Waals surface area contributed by atoms with E-state index in [9.17, 15) is 9.59 Å². The number of Topliss-reactive ketones (excluding diaryl/α,β-unsaturated/α-hetero) is 2. The first kappa shape index (κ1) is 12.6. The summed E-state index contributed by atoms with van der Waals surface area (Å²) in [5.41, 5.74) is 2.16. The van der Waals surface area contributed by atoms with Crippen molar-refractivity contribution in [2.45, 2.75) is 33.6 Å². The van der Waals surface area contributed by atoms with Crippen LogP contribution in [0.1, 0.15) is 31.9 Å². The molecule has 0 unspecified atom stereocenters. The van der Waals surface area contributed by atoms with E-state index in [1.54, 1.807) is 13.8 Å². The van der Waals surface area contributed by atoms with Crippen molar-refractivity contribution >= 4 is 11.6 Å². The maximum atomic E-state index is 11.6. The molecule has 86 valence electrons. The van der Waals surface area contributed by atoms with E-state index in [2.05, 4.69) is 6.92 Å². The summed E-state index contributed by atoms with van der Waals surface area (Å²) in [6.45, 7) is 5.59. The lowest BCUT2D eigenvalue weighted by atomic mass is 9.99. The van der Waals surface area contributed by atoms with E-state index in [4.69, 9.17) is 0 Å². The van der Waals surface area contributed by atoms with Crippen LogP contribution < -0.4 is 0 Å². The first-order valence-electron chi connectivity index (χ1n) is 5.69. The lowest BCUT2D eigenvalue weighted by Crippen LogP contribution is -2.21. The van der Waals surface area contributed by atoms with Crippen LogP contribution in [0.2, 0.25) is 0 Å². The van der Waals surface area contributed by atoms with Gasteiger partial charge in [-0.1, -0.05) is 45.0 Å². The Balaban J connectivity index is 2.66. The summed E-state index contributed by atoms with van der Waals surface area (Å²) in [4.78, 5) is 23.0. The minimum Gasteiger partial charge on any atom is -0.291 e. The molecular formula is C14H18O2. The Labute approximate surface area is 96.7 Å². The van der Waals surface area contributed by atoms with Gasteiger partial charge in [-0.3, -0.25) is 9.59 Å². The maximum Gasteiger partial charge on any atom is 0.203 e. The molecule has 0 fully saturated rings. The van der Waals surface area contributed by atoms with Gasteiger partial charge < -0.3 is 0 Å². The molecule has 0 saturated carbocycles. The lowest BCUT2D eigenvalue weighted by Gasteiger charge is -2.04. The molecule has 0 atom stereocenters. The van der Waals surface area contributed by atoms with Crippen molar-refractivity contribution in [1.29, 1.82) is 0 Å². The Kier molecular flexibility index (Phi) is 4.41. The van der Waals surface area contributed by atoms with Gasteiger partial charge in [0.2, 0.25) is 11.6 Å². The van der Waals surface area contributed by atoms with E-state index in [1.807, 2.05) is 24.3 Å². The number of benzene rings is 1. The average molecular weight is 218 g/mol. The van der Waals surface area contributed by atoms with Crippen LogP contribution in [0.15, 0.2) is 24.3 Å². The molecule has 1 aromatic rings. The monoisotopic (exact) mass is 218 g/mol. The molecule has 0 aliphatic heterocycles. The Morgan fingerprint density at radius 2 is 1.56 bits per heavy atom. The van der Waals surface area contributed by atoms with Gasteiger partial charge in [0.25, 0.3) is 0 Å². The Morgan fingerprint density at radius 1 is 1.06 bits per heavy atom. The number of carbonyl (C=O) groups is 2. The summed E-state index contributed by atoms with van der Waals surface area (Å²) in [5.74, 6) is -0.777. The molecule has 0 saturated heterocycles. The number of hydrogen-bond acceptors (Lipinski definition) is 2. The summed E-state index contributed by atoms with van der Waals surface area (Å²) in [6, 6.07) is 7.85. The van der Waals surface area contributed by atoms with Gasteiger partial charge >= 0.3 is 0 Å². The van der Waals surface area contributed by atoms with Crippen molar-refractivity contribution in [3.8, 4) is 0 Å². The molecule has 1 rings (SSSR count). The molecule has 0 bridgehead atoms. The first-order chi connectivity index (χ1) is 7.54. The molecule has 0 aliphatic carbocycles. The summed E-state index contributed by atoms with van der Waals surface area (Å²) >= 11 is 0. The van der Waals surface area contributed by atoms with Crippen molar-refractivity contribution in [3.05, 3.63) is 35.4 Å². The van der Waals surface area contributed by atoms with Gasteiger partial charge in [0.05, 0.1) is 0 Å². The zero-order valence-electron chi connectivity index (χ0n) is 10.1. The second kappa shape index (κ2) is 5.59. The fraction of sp³-hybridized carbons (Fsp3) is 0.429. The summed E-state index contributed by atoms with van der Waals surface area (Å²) < 4.78 is 0. The normalized spacial score (nSPS) is 10.5. The molecule has 0 aliphatic rings. The Bertz CT molecular complexity index is 374. The third-order valence-corrected chi connectivity index (χ3v) is 2.60. The predicted molar refractivity (Wildman–Crippen MR) is 64.4 cm³/mol. The molecule has 16 heavy (non-hydrogen) atoms. The topological polar surface area (TPSA) is 34.1 Å². The molecule has 2 nitrogen and oxygen atoms in total. The van der Waals surface area contributed by atoms with Crippen LogP contribution in [0.3, 0.4) is 0 Å². The van der Waals surface area contributed by atoms with Crippen molar-refractivity contribution in [1.82, 2.24) is 0 Å². The molecule has 2 heteroatoms. The minimum absolute atomic E-state index is 0.206. The molecule has 0 heterocycles. The van der Waals surface area contributed by atoms with Gasteiger partial charge in [-0.15, -0.1) is 0 Å². The highest BCUT2D eigenvalue weighted by Crippen LogP contribution is 2.07. The summed E-state index contributed by atoms with van der Waals surface area (Å²) in [5, 5.41) is 0. The van der Waals surface area contributed by atoms with Gasteiger partial charge in [-0.25, -0.2) is 0 Å². The van der Waals surface area contributed by atoms with Crippen LogP contribution in [0.25, 0.3) is 0 Å². The van der Waals surface area contributed by atoms with Crippen LogP contribution in [-0.4, -0.2) is 11.6 Å². The highest BCUT2D eigenvalue weighted by atomic mass is 16.2. The van der Waals surface area contributed by atoms with E-state index in [-0.39, 0.29) is 23.9 Å². The van der Waals surface area contributed by atoms with E-state index in [1.165, 1.54) is 5.56 Å². The third kappa shape index (κ3) is 3.30. The maximum absolute atomic E-state index is 11.6. The minimum atomic E-state index is -0.292. The smallest absolute Gasteiger partial charge is 0.203 e. The second-order valence-electron chi connectivity index (χ2n) is 4.29.